The van der Waals surface area contributed by atoms with E-state index in [9.17, 15) is 14.4 Å². The highest BCUT2D eigenvalue weighted by Gasteiger charge is 2.32. The molecule has 1 fully saturated rings. The number of nitrogens with one attached hydrogen (secondary N) is 1. The summed E-state index contributed by atoms with van der Waals surface area (Å²) in [5.41, 5.74) is 0.892. The van der Waals surface area contributed by atoms with Gasteiger partial charge in [-0.25, -0.2) is 4.79 Å². The summed E-state index contributed by atoms with van der Waals surface area (Å²) in [6.45, 7) is 0.423. The van der Waals surface area contributed by atoms with E-state index in [2.05, 4.69) is 5.32 Å². The third kappa shape index (κ3) is 4.81. The summed E-state index contributed by atoms with van der Waals surface area (Å²) in [5, 5.41) is 2.62. The van der Waals surface area contributed by atoms with Crippen LogP contribution < -0.4 is 5.32 Å². The number of amides is 2. The zero-order valence-electron chi connectivity index (χ0n) is 13.3. The molecule has 1 N–H and O–H groups in total. The van der Waals surface area contributed by atoms with Gasteiger partial charge in [-0.3, -0.25) is 9.59 Å². The average molecular weight is 318 g/mol. The van der Waals surface area contributed by atoms with E-state index in [4.69, 9.17) is 4.74 Å². The molecule has 0 spiro atoms. The van der Waals surface area contributed by atoms with E-state index >= 15 is 0 Å². The van der Waals surface area contributed by atoms with E-state index in [1.165, 1.54) is 12.0 Å². The van der Waals surface area contributed by atoms with E-state index < -0.39 is 12.0 Å². The number of methoxy groups -OCH3 is 1. The highest BCUT2D eigenvalue weighted by Crippen LogP contribution is 2.18. The zero-order valence-corrected chi connectivity index (χ0v) is 13.3. The van der Waals surface area contributed by atoms with Gasteiger partial charge in [-0.15, -0.1) is 0 Å². The first-order valence-corrected chi connectivity index (χ1v) is 7.79. The van der Waals surface area contributed by atoms with E-state index in [1.54, 1.807) is 0 Å². The number of benzene rings is 1. The normalized spacial score (nSPS) is 17.4. The molecular weight excluding hydrogens is 296 g/mol. The number of hydrogen-bond acceptors (Lipinski definition) is 4. The average Bonchev–Trinajstić information content (AvgIpc) is 2.60. The molecule has 0 radical (unpaired) electrons. The molecule has 1 aliphatic heterocycles. The molecule has 1 heterocycles. The van der Waals surface area contributed by atoms with Crippen molar-refractivity contribution in [3.05, 3.63) is 35.9 Å². The molecule has 1 atom stereocenters. The third-order valence-corrected chi connectivity index (χ3v) is 3.94. The van der Waals surface area contributed by atoms with Gasteiger partial charge in [0.15, 0.2) is 0 Å². The van der Waals surface area contributed by atoms with Crippen molar-refractivity contribution in [2.45, 2.75) is 31.7 Å². The minimum absolute atomic E-state index is 0.0981. The maximum Gasteiger partial charge on any atom is 0.328 e. The van der Waals surface area contributed by atoms with Crippen LogP contribution in [-0.2, 0) is 25.5 Å². The molecule has 6 heteroatoms. The van der Waals surface area contributed by atoms with Crippen molar-refractivity contribution >= 4 is 17.8 Å². The van der Waals surface area contributed by atoms with Crippen LogP contribution >= 0.6 is 0 Å². The van der Waals surface area contributed by atoms with Crippen LogP contribution in [0.15, 0.2) is 30.3 Å². The Hall–Kier alpha value is -2.37. The minimum atomic E-state index is -0.535. The molecule has 6 nitrogen and oxygen atoms in total. The maximum absolute atomic E-state index is 12.3. The quantitative estimate of drug-likeness (QED) is 0.819. The van der Waals surface area contributed by atoms with Crippen LogP contribution in [0.3, 0.4) is 0 Å². The van der Waals surface area contributed by atoms with Gasteiger partial charge in [0.25, 0.3) is 0 Å². The van der Waals surface area contributed by atoms with Crippen molar-refractivity contribution in [3.63, 3.8) is 0 Å². The van der Waals surface area contributed by atoms with Gasteiger partial charge in [0.1, 0.15) is 6.04 Å². The SMILES string of the molecule is COC(=O)C1CCCCN1C(=O)CNC(=O)Cc1ccccc1. The van der Waals surface area contributed by atoms with Crippen molar-refractivity contribution in [2.75, 3.05) is 20.2 Å². The van der Waals surface area contributed by atoms with E-state index in [0.717, 1.165) is 18.4 Å². The maximum atomic E-state index is 12.3. The molecule has 0 aromatic heterocycles. The molecule has 1 aromatic carbocycles. The first-order chi connectivity index (χ1) is 11.1. The molecule has 124 valence electrons. The Bertz CT molecular complexity index is 559. The van der Waals surface area contributed by atoms with Gasteiger partial charge < -0.3 is 15.0 Å². The summed E-state index contributed by atoms with van der Waals surface area (Å²) in [4.78, 5) is 37.5. The summed E-state index contributed by atoms with van der Waals surface area (Å²) in [7, 11) is 1.32. The van der Waals surface area contributed by atoms with Crippen molar-refractivity contribution in [1.82, 2.24) is 10.2 Å². The number of nitrogens with zero attached hydrogens (tertiary/aromatic N) is 1. The molecule has 0 bridgehead atoms. The Morgan fingerprint density at radius 2 is 1.96 bits per heavy atom. The Balaban J connectivity index is 1.85. The number of hydrogen-bond donors (Lipinski definition) is 1. The molecule has 0 aliphatic carbocycles. The van der Waals surface area contributed by atoms with Crippen molar-refractivity contribution in [1.29, 1.82) is 0 Å². The van der Waals surface area contributed by atoms with E-state index in [-0.39, 0.29) is 24.8 Å². The lowest BCUT2D eigenvalue weighted by Crippen LogP contribution is -2.51. The number of rotatable bonds is 5. The molecule has 2 amide bonds. The molecule has 1 unspecified atom stereocenters. The summed E-state index contributed by atoms with van der Waals surface area (Å²) < 4.78 is 4.75. The molecule has 1 saturated heterocycles. The van der Waals surface area contributed by atoms with Gasteiger partial charge in [0.2, 0.25) is 11.8 Å². The number of ether oxygens (including phenoxy) is 1. The predicted octanol–water partition coefficient (Wildman–Crippen LogP) is 0.899. The van der Waals surface area contributed by atoms with Gasteiger partial charge in [-0.1, -0.05) is 30.3 Å². The first-order valence-electron chi connectivity index (χ1n) is 7.79. The van der Waals surface area contributed by atoms with Crippen molar-refractivity contribution in [3.8, 4) is 0 Å². The van der Waals surface area contributed by atoms with E-state index in [1.807, 2.05) is 30.3 Å². The lowest BCUT2D eigenvalue weighted by molar-refractivity contribution is -0.154. The number of carbonyl (C=O) groups excluding carboxylic acids is 3. The summed E-state index contributed by atoms with van der Waals surface area (Å²) in [6.07, 6.45) is 2.59. The monoisotopic (exact) mass is 318 g/mol. The zero-order chi connectivity index (χ0) is 16.7. The lowest BCUT2D eigenvalue weighted by atomic mass is 10.0. The number of esters is 1. The fraction of sp³-hybridized carbons (Fsp3) is 0.471. The Labute approximate surface area is 135 Å². The smallest absolute Gasteiger partial charge is 0.328 e. The Morgan fingerprint density at radius 3 is 2.65 bits per heavy atom. The molecule has 2 rings (SSSR count). The van der Waals surface area contributed by atoms with Crippen molar-refractivity contribution in [2.24, 2.45) is 0 Å². The van der Waals surface area contributed by atoms with Gasteiger partial charge in [-0.2, -0.15) is 0 Å². The van der Waals surface area contributed by atoms with E-state index in [0.29, 0.717) is 13.0 Å². The Morgan fingerprint density at radius 1 is 1.22 bits per heavy atom. The highest BCUT2D eigenvalue weighted by atomic mass is 16.5. The molecule has 23 heavy (non-hydrogen) atoms. The van der Waals surface area contributed by atoms with Crippen LogP contribution in [0.1, 0.15) is 24.8 Å². The highest BCUT2D eigenvalue weighted by molar-refractivity contribution is 5.89. The summed E-state index contributed by atoms with van der Waals surface area (Å²) >= 11 is 0. The fourth-order valence-electron chi connectivity index (χ4n) is 2.73. The number of piperidine rings is 1. The van der Waals surface area contributed by atoms with Gasteiger partial charge in [0.05, 0.1) is 20.1 Å². The molecule has 0 saturated carbocycles. The second-order valence-electron chi connectivity index (χ2n) is 5.56. The third-order valence-electron chi connectivity index (χ3n) is 3.94. The largest absolute Gasteiger partial charge is 0.467 e. The van der Waals surface area contributed by atoms with Gasteiger partial charge >= 0.3 is 5.97 Å². The minimum Gasteiger partial charge on any atom is -0.467 e. The van der Waals surface area contributed by atoms with Crippen LogP contribution in [0.2, 0.25) is 0 Å². The summed E-state index contributed by atoms with van der Waals surface area (Å²) in [5.74, 6) is -0.855. The number of likely N-dealkylation sites (tertiary alicyclic amines) is 1. The van der Waals surface area contributed by atoms with Crippen LogP contribution in [0.4, 0.5) is 0 Å². The second kappa shape index (κ2) is 8.31. The van der Waals surface area contributed by atoms with Gasteiger partial charge in [-0.05, 0) is 24.8 Å². The fourth-order valence-corrected chi connectivity index (χ4v) is 2.73. The summed E-state index contributed by atoms with van der Waals surface area (Å²) in [6, 6.07) is 8.80. The van der Waals surface area contributed by atoms with Gasteiger partial charge in [0, 0.05) is 6.54 Å². The molecule has 1 aliphatic rings. The standard InChI is InChI=1S/C17H22N2O4/c1-23-17(22)14-9-5-6-10-19(14)16(21)12-18-15(20)11-13-7-3-2-4-8-13/h2-4,7-8,14H,5-6,9-12H2,1H3,(H,18,20). The second-order valence-corrected chi connectivity index (χ2v) is 5.56. The number of carbonyl (C=O) groups is 3. The van der Waals surface area contributed by atoms with Crippen LogP contribution in [0, 0.1) is 0 Å². The molecular formula is C17H22N2O4. The first kappa shape index (κ1) is 17.0. The lowest BCUT2D eigenvalue weighted by Gasteiger charge is -2.33. The van der Waals surface area contributed by atoms with Crippen LogP contribution in [0.25, 0.3) is 0 Å². The Kier molecular flexibility index (Phi) is 6.14. The molecule has 1 aromatic rings. The predicted molar refractivity (Wildman–Crippen MR) is 84.5 cm³/mol. The van der Waals surface area contributed by atoms with Crippen LogP contribution in [0.5, 0.6) is 0 Å². The van der Waals surface area contributed by atoms with Crippen molar-refractivity contribution < 1.29 is 19.1 Å². The van der Waals surface area contributed by atoms with Crippen LogP contribution in [-0.4, -0.2) is 48.9 Å². The topological polar surface area (TPSA) is 75.7 Å².